The molecular weight excluding hydrogens is 274 g/mol. The van der Waals surface area contributed by atoms with Crippen molar-refractivity contribution in [1.29, 1.82) is 0 Å². The summed E-state index contributed by atoms with van der Waals surface area (Å²) in [5, 5.41) is 0. The van der Waals surface area contributed by atoms with Gasteiger partial charge in [0, 0.05) is 30.9 Å². The molecule has 1 fully saturated rings. The molecule has 1 aliphatic rings. The molecule has 0 aliphatic carbocycles. The van der Waals surface area contributed by atoms with Gasteiger partial charge in [-0.2, -0.15) is 0 Å². The molecule has 0 bridgehead atoms. The van der Waals surface area contributed by atoms with Crippen LogP contribution in [0.3, 0.4) is 0 Å². The van der Waals surface area contributed by atoms with Crippen LogP contribution in [0.15, 0.2) is 18.2 Å². The van der Waals surface area contributed by atoms with Gasteiger partial charge in [-0.1, -0.05) is 19.9 Å². The summed E-state index contributed by atoms with van der Waals surface area (Å²) < 4.78 is 0. The standard InChI is InChI=1S/C18H29N3O/c1-3-9-20(10-4-2)14-16-8-7-15(13-17(16)19)18(22)21-11-5-6-12-21/h7-8,13H,3-6,9-12,14,19H2,1-2H3. The molecule has 1 amide bonds. The third-order valence-corrected chi connectivity index (χ3v) is 4.26. The van der Waals surface area contributed by atoms with Crippen molar-refractivity contribution in [2.75, 3.05) is 31.9 Å². The summed E-state index contributed by atoms with van der Waals surface area (Å²) in [5.74, 6) is 0.120. The fourth-order valence-corrected chi connectivity index (χ4v) is 3.12. The largest absolute Gasteiger partial charge is 0.398 e. The maximum Gasteiger partial charge on any atom is 0.253 e. The zero-order chi connectivity index (χ0) is 15.9. The molecule has 1 saturated heterocycles. The number of hydrogen-bond acceptors (Lipinski definition) is 3. The summed E-state index contributed by atoms with van der Waals surface area (Å²) in [6, 6.07) is 5.81. The Bertz CT molecular complexity index is 489. The Balaban J connectivity index is 2.06. The Morgan fingerprint density at radius 1 is 1.18 bits per heavy atom. The van der Waals surface area contributed by atoms with Crippen LogP contribution in [0.5, 0.6) is 0 Å². The highest BCUT2D eigenvalue weighted by atomic mass is 16.2. The van der Waals surface area contributed by atoms with Crippen molar-refractivity contribution >= 4 is 11.6 Å². The molecule has 0 aromatic heterocycles. The number of carbonyl (C=O) groups is 1. The zero-order valence-corrected chi connectivity index (χ0v) is 14.0. The number of anilines is 1. The highest BCUT2D eigenvalue weighted by molar-refractivity contribution is 5.95. The van der Waals surface area contributed by atoms with Gasteiger partial charge in [0.2, 0.25) is 0 Å². The molecule has 1 aliphatic heterocycles. The lowest BCUT2D eigenvalue weighted by Gasteiger charge is -2.22. The third-order valence-electron chi connectivity index (χ3n) is 4.26. The Morgan fingerprint density at radius 3 is 2.36 bits per heavy atom. The minimum absolute atomic E-state index is 0.120. The Labute approximate surface area is 134 Å². The van der Waals surface area contributed by atoms with E-state index in [4.69, 9.17) is 5.73 Å². The first kappa shape index (κ1) is 16.8. The van der Waals surface area contributed by atoms with E-state index in [-0.39, 0.29) is 5.91 Å². The number of hydrogen-bond donors (Lipinski definition) is 1. The fraction of sp³-hybridized carbons (Fsp3) is 0.611. The van der Waals surface area contributed by atoms with Crippen molar-refractivity contribution in [3.63, 3.8) is 0 Å². The predicted molar refractivity (Wildman–Crippen MR) is 91.9 cm³/mol. The number of benzene rings is 1. The summed E-state index contributed by atoms with van der Waals surface area (Å²) in [6.07, 6.45) is 4.52. The second-order valence-electron chi connectivity index (χ2n) is 6.19. The van der Waals surface area contributed by atoms with E-state index in [0.29, 0.717) is 0 Å². The van der Waals surface area contributed by atoms with Gasteiger partial charge in [0.05, 0.1) is 0 Å². The molecule has 22 heavy (non-hydrogen) atoms. The van der Waals surface area contributed by atoms with Crippen molar-refractivity contribution < 1.29 is 4.79 Å². The molecule has 4 heteroatoms. The lowest BCUT2D eigenvalue weighted by molar-refractivity contribution is 0.0793. The first-order chi connectivity index (χ1) is 10.7. The van der Waals surface area contributed by atoms with E-state index in [1.807, 2.05) is 23.1 Å². The smallest absolute Gasteiger partial charge is 0.253 e. The topological polar surface area (TPSA) is 49.6 Å². The summed E-state index contributed by atoms with van der Waals surface area (Å²) in [4.78, 5) is 16.7. The van der Waals surface area contributed by atoms with Crippen LogP contribution in [0.25, 0.3) is 0 Å². The lowest BCUT2D eigenvalue weighted by Crippen LogP contribution is -2.28. The monoisotopic (exact) mass is 303 g/mol. The maximum absolute atomic E-state index is 12.4. The highest BCUT2D eigenvalue weighted by Gasteiger charge is 2.20. The number of likely N-dealkylation sites (tertiary alicyclic amines) is 1. The van der Waals surface area contributed by atoms with E-state index in [0.717, 1.165) is 75.2 Å². The van der Waals surface area contributed by atoms with Crippen molar-refractivity contribution in [1.82, 2.24) is 9.80 Å². The molecule has 1 heterocycles. The minimum Gasteiger partial charge on any atom is -0.398 e. The normalized spacial score (nSPS) is 14.8. The lowest BCUT2D eigenvalue weighted by atomic mass is 10.1. The molecule has 2 N–H and O–H groups in total. The van der Waals surface area contributed by atoms with Gasteiger partial charge in [-0.3, -0.25) is 9.69 Å². The van der Waals surface area contributed by atoms with Crippen LogP contribution < -0.4 is 5.73 Å². The van der Waals surface area contributed by atoms with Crippen LogP contribution in [0.4, 0.5) is 5.69 Å². The van der Waals surface area contributed by atoms with Gasteiger partial charge in [-0.15, -0.1) is 0 Å². The van der Waals surface area contributed by atoms with Crippen LogP contribution >= 0.6 is 0 Å². The first-order valence-electron chi connectivity index (χ1n) is 8.55. The van der Waals surface area contributed by atoms with Crippen molar-refractivity contribution in [2.24, 2.45) is 0 Å². The van der Waals surface area contributed by atoms with E-state index < -0.39 is 0 Å². The zero-order valence-electron chi connectivity index (χ0n) is 14.0. The van der Waals surface area contributed by atoms with E-state index in [9.17, 15) is 4.79 Å². The van der Waals surface area contributed by atoms with Crippen molar-refractivity contribution in [3.05, 3.63) is 29.3 Å². The highest BCUT2D eigenvalue weighted by Crippen LogP contribution is 2.20. The average molecular weight is 303 g/mol. The van der Waals surface area contributed by atoms with Gasteiger partial charge in [0.25, 0.3) is 5.91 Å². The van der Waals surface area contributed by atoms with Crippen LogP contribution in [0.1, 0.15) is 55.5 Å². The third kappa shape index (κ3) is 4.23. The van der Waals surface area contributed by atoms with Gasteiger partial charge in [-0.25, -0.2) is 0 Å². The van der Waals surface area contributed by atoms with Gasteiger partial charge >= 0.3 is 0 Å². The molecule has 0 radical (unpaired) electrons. The molecule has 1 aromatic rings. The number of carbonyl (C=O) groups excluding carboxylic acids is 1. The van der Waals surface area contributed by atoms with Gasteiger partial charge in [0.1, 0.15) is 0 Å². The second kappa shape index (κ2) is 8.18. The van der Waals surface area contributed by atoms with Gasteiger partial charge < -0.3 is 10.6 Å². The number of nitrogen functional groups attached to an aromatic ring is 1. The van der Waals surface area contributed by atoms with Crippen LogP contribution in [0, 0.1) is 0 Å². The Morgan fingerprint density at radius 2 is 1.82 bits per heavy atom. The van der Waals surface area contributed by atoms with Gasteiger partial charge in [-0.05, 0) is 56.5 Å². The van der Waals surface area contributed by atoms with Crippen molar-refractivity contribution in [2.45, 2.75) is 46.1 Å². The molecule has 0 spiro atoms. The summed E-state index contributed by atoms with van der Waals surface area (Å²) in [7, 11) is 0. The van der Waals surface area contributed by atoms with E-state index >= 15 is 0 Å². The average Bonchev–Trinajstić information content (AvgIpc) is 3.03. The van der Waals surface area contributed by atoms with Crippen LogP contribution in [0.2, 0.25) is 0 Å². The fourth-order valence-electron chi connectivity index (χ4n) is 3.12. The molecule has 0 unspecified atom stereocenters. The quantitative estimate of drug-likeness (QED) is 0.787. The second-order valence-corrected chi connectivity index (χ2v) is 6.19. The maximum atomic E-state index is 12.4. The number of nitrogens with two attached hydrogens (primary N) is 1. The summed E-state index contributed by atoms with van der Waals surface area (Å²) in [5.41, 5.74) is 8.79. The van der Waals surface area contributed by atoms with Crippen LogP contribution in [-0.4, -0.2) is 41.9 Å². The Hall–Kier alpha value is -1.55. The predicted octanol–water partition coefficient (Wildman–Crippen LogP) is 3.13. The number of amides is 1. The van der Waals surface area contributed by atoms with Crippen molar-refractivity contribution in [3.8, 4) is 0 Å². The number of rotatable bonds is 7. The number of nitrogens with zero attached hydrogens (tertiary/aromatic N) is 2. The molecule has 4 nitrogen and oxygen atoms in total. The molecule has 122 valence electrons. The van der Waals surface area contributed by atoms with E-state index in [1.54, 1.807) is 0 Å². The molecule has 2 rings (SSSR count). The molecule has 1 aromatic carbocycles. The summed E-state index contributed by atoms with van der Waals surface area (Å²) in [6.45, 7) is 9.19. The minimum atomic E-state index is 0.120. The SMILES string of the molecule is CCCN(CCC)Cc1ccc(C(=O)N2CCCC2)cc1N. The van der Waals surface area contributed by atoms with Gasteiger partial charge in [0.15, 0.2) is 0 Å². The Kier molecular flexibility index (Phi) is 6.25. The van der Waals surface area contributed by atoms with E-state index in [1.165, 1.54) is 0 Å². The molecular formula is C18H29N3O. The first-order valence-corrected chi connectivity index (χ1v) is 8.55. The summed E-state index contributed by atoms with van der Waals surface area (Å²) >= 11 is 0. The van der Waals surface area contributed by atoms with Crippen LogP contribution in [-0.2, 0) is 6.54 Å². The molecule has 0 saturated carbocycles. The van der Waals surface area contributed by atoms with E-state index in [2.05, 4.69) is 18.7 Å². The molecule has 0 atom stereocenters.